The van der Waals surface area contributed by atoms with Gasteiger partial charge in [-0.25, -0.2) is 0 Å². The minimum Gasteiger partial charge on any atom is -0.497 e. The predicted octanol–water partition coefficient (Wildman–Crippen LogP) is 5.17. The van der Waals surface area contributed by atoms with E-state index in [0.29, 0.717) is 34.7 Å². The molecule has 0 radical (unpaired) electrons. The van der Waals surface area contributed by atoms with Gasteiger partial charge in [-0.1, -0.05) is 18.2 Å². The van der Waals surface area contributed by atoms with Crippen LogP contribution in [0.25, 0.3) is 0 Å². The van der Waals surface area contributed by atoms with Crippen LogP contribution in [0.15, 0.2) is 77.3 Å². The van der Waals surface area contributed by atoms with E-state index < -0.39 is 0 Å². The lowest BCUT2D eigenvalue weighted by molar-refractivity contribution is 0.102. The maximum absolute atomic E-state index is 12.4. The molecule has 0 saturated heterocycles. The molecule has 3 aromatic carbocycles. The largest absolute Gasteiger partial charge is 0.497 e. The summed E-state index contributed by atoms with van der Waals surface area (Å²) < 4.78 is 17.1. The standard InChI is InChI=1S/C22H20BrNO4/c1-26-18-10-8-17(9-11-18)24-22(25)16-7-12-21(20(23)15-16)28-14-13-27-19-5-3-2-4-6-19/h2-12,15H,13-14H2,1H3,(H,24,25). The zero-order valence-corrected chi connectivity index (χ0v) is 16.9. The van der Waals surface area contributed by atoms with Gasteiger partial charge < -0.3 is 19.5 Å². The van der Waals surface area contributed by atoms with E-state index in [2.05, 4.69) is 21.2 Å². The summed E-state index contributed by atoms with van der Waals surface area (Å²) in [6.45, 7) is 0.820. The third kappa shape index (κ3) is 5.50. The summed E-state index contributed by atoms with van der Waals surface area (Å²) in [5, 5.41) is 2.85. The quantitative estimate of drug-likeness (QED) is 0.490. The second kappa shape index (κ2) is 9.80. The van der Waals surface area contributed by atoms with Crippen LogP contribution in [0, 0.1) is 0 Å². The number of benzene rings is 3. The van der Waals surface area contributed by atoms with Crippen LogP contribution >= 0.6 is 15.9 Å². The highest BCUT2D eigenvalue weighted by Crippen LogP contribution is 2.26. The van der Waals surface area contributed by atoms with Gasteiger partial charge in [-0.2, -0.15) is 0 Å². The van der Waals surface area contributed by atoms with Gasteiger partial charge in [0.05, 0.1) is 11.6 Å². The van der Waals surface area contributed by atoms with Crippen molar-refractivity contribution in [1.82, 2.24) is 0 Å². The summed E-state index contributed by atoms with van der Waals surface area (Å²) in [6, 6.07) is 21.9. The molecule has 0 aliphatic carbocycles. The first-order valence-electron chi connectivity index (χ1n) is 8.71. The third-order valence-corrected chi connectivity index (χ3v) is 4.51. The Morgan fingerprint density at radius 3 is 2.29 bits per heavy atom. The molecule has 0 fully saturated rings. The van der Waals surface area contributed by atoms with E-state index in [-0.39, 0.29) is 5.91 Å². The molecule has 6 heteroatoms. The Labute approximate surface area is 172 Å². The van der Waals surface area contributed by atoms with Crippen molar-refractivity contribution in [3.63, 3.8) is 0 Å². The van der Waals surface area contributed by atoms with Crippen molar-refractivity contribution in [3.05, 3.63) is 82.8 Å². The lowest BCUT2D eigenvalue weighted by atomic mass is 10.2. The summed E-state index contributed by atoms with van der Waals surface area (Å²) in [5.41, 5.74) is 1.22. The lowest BCUT2D eigenvalue weighted by Gasteiger charge is -2.11. The molecule has 3 rings (SSSR count). The Bertz CT molecular complexity index is 914. The summed E-state index contributed by atoms with van der Waals surface area (Å²) in [7, 11) is 1.60. The molecule has 0 atom stereocenters. The number of ether oxygens (including phenoxy) is 3. The van der Waals surface area contributed by atoms with Gasteiger partial charge in [-0.3, -0.25) is 4.79 Å². The second-order valence-corrected chi connectivity index (χ2v) is 6.69. The van der Waals surface area contributed by atoms with Crippen LogP contribution in [0.3, 0.4) is 0 Å². The molecule has 0 heterocycles. The van der Waals surface area contributed by atoms with Gasteiger partial charge in [-0.15, -0.1) is 0 Å². The molecular weight excluding hydrogens is 422 g/mol. The van der Waals surface area contributed by atoms with Gasteiger partial charge in [0.15, 0.2) is 0 Å². The Morgan fingerprint density at radius 2 is 1.61 bits per heavy atom. The van der Waals surface area contributed by atoms with Crippen LogP contribution in [-0.2, 0) is 0 Å². The number of methoxy groups -OCH3 is 1. The van der Waals surface area contributed by atoms with E-state index in [4.69, 9.17) is 14.2 Å². The fourth-order valence-corrected chi connectivity index (χ4v) is 2.96. The average molecular weight is 442 g/mol. The SMILES string of the molecule is COc1ccc(NC(=O)c2ccc(OCCOc3ccccc3)c(Br)c2)cc1. The fourth-order valence-electron chi connectivity index (χ4n) is 2.46. The van der Waals surface area contributed by atoms with Crippen LogP contribution in [0.2, 0.25) is 0 Å². The molecule has 0 aliphatic rings. The van der Waals surface area contributed by atoms with Gasteiger partial charge in [0, 0.05) is 11.3 Å². The van der Waals surface area contributed by atoms with Gasteiger partial charge in [-0.05, 0) is 70.5 Å². The number of para-hydroxylation sites is 1. The van der Waals surface area contributed by atoms with Crippen LogP contribution in [0.1, 0.15) is 10.4 Å². The van der Waals surface area contributed by atoms with Gasteiger partial charge in [0.2, 0.25) is 0 Å². The van der Waals surface area contributed by atoms with Crippen molar-refractivity contribution in [2.45, 2.75) is 0 Å². The van der Waals surface area contributed by atoms with Crippen molar-refractivity contribution in [2.24, 2.45) is 0 Å². The monoisotopic (exact) mass is 441 g/mol. The van der Waals surface area contributed by atoms with Crippen LogP contribution in [-0.4, -0.2) is 26.2 Å². The molecule has 0 spiro atoms. The molecule has 0 bridgehead atoms. The molecule has 0 aromatic heterocycles. The lowest BCUT2D eigenvalue weighted by Crippen LogP contribution is -2.12. The smallest absolute Gasteiger partial charge is 0.255 e. The maximum atomic E-state index is 12.4. The second-order valence-electron chi connectivity index (χ2n) is 5.84. The molecule has 0 unspecified atom stereocenters. The molecule has 5 nitrogen and oxygen atoms in total. The highest BCUT2D eigenvalue weighted by Gasteiger charge is 2.10. The Balaban J connectivity index is 1.53. The summed E-state index contributed by atoms with van der Waals surface area (Å²) in [6.07, 6.45) is 0. The minimum atomic E-state index is -0.204. The molecule has 0 aliphatic heterocycles. The van der Waals surface area contributed by atoms with Crippen LogP contribution in [0.4, 0.5) is 5.69 Å². The number of hydrogen-bond acceptors (Lipinski definition) is 4. The topological polar surface area (TPSA) is 56.8 Å². The highest BCUT2D eigenvalue weighted by atomic mass is 79.9. The van der Waals surface area contributed by atoms with Crippen molar-refractivity contribution >= 4 is 27.5 Å². The number of carbonyl (C=O) groups is 1. The van der Waals surface area contributed by atoms with Crippen molar-refractivity contribution in [1.29, 1.82) is 0 Å². The van der Waals surface area contributed by atoms with E-state index in [9.17, 15) is 4.79 Å². The third-order valence-electron chi connectivity index (χ3n) is 3.89. The van der Waals surface area contributed by atoms with Gasteiger partial charge in [0.25, 0.3) is 5.91 Å². The summed E-state index contributed by atoms with van der Waals surface area (Å²) >= 11 is 3.45. The number of halogens is 1. The first-order valence-corrected chi connectivity index (χ1v) is 9.50. The van der Waals surface area contributed by atoms with E-state index in [1.807, 2.05) is 30.3 Å². The normalized spacial score (nSPS) is 10.2. The Hall–Kier alpha value is -2.99. The first-order chi connectivity index (χ1) is 13.7. The van der Waals surface area contributed by atoms with Gasteiger partial charge >= 0.3 is 0 Å². The van der Waals surface area contributed by atoms with E-state index >= 15 is 0 Å². The summed E-state index contributed by atoms with van der Waals surface area (Å²) in [4.78, 5) is 12.4. The van der Waals surface area contributed by atoms with E-state index in [1.54, 1.807) is 49.6 Å². The molecule has 144 valence electrons. The van der Waals surface area contributed by atoms with Crippen LogP contribution in [0.5, 0.6) is 17.2 Å². The molecule has 1 N–H and O–H groups in total. The maximum Gasteiger partial charge on any atom is 0.255 e. The summed E-state index contributed by atoms with van der Waals surface area (Å²) in [5.74, 6) is 1.98. The molecule has 28 heavy (non-hydrogen) atoms. The number of amides is 1. The van der Waals surface area contributed by atoms with Crippen molar-refractivity contribution < 1.29 is 19.0 Å². The number of anilines is 1. The number of hydrogen-bond donors (Lipinski definition) is 1. The molecule has 0 saturated carbocycles. The van der Waals surface area contributed by atoms with E-state index in [1.165, 1.54) is 0 Å². The van der Waals surface area contributed by atoms with Crippen molar-refractivity contribution in [3.8, 4) is 17.2 Å². The number of rotatable bonds is 8. The number of nitrogens with one attached hydrogen (secondary N) is 1. The zero-order chi connectivity index (χ0) is 19.8. The predicted molar refractivity (Wildman–Crippen MR) is 113 cm³/mol. The molecule has 1 amide bonds. The zero-order valence-electron chi connectivity index (χ0n) is 15.4. The molecular formula is C22H20BrNO4. The minimum absolute atomic E-state index is 0.204. The van der Waals surface area contributed by atoms with Crippen LogP contribution < -0.4 is 19.5 Å². The Morgan fingerprint density at radius 1 is 0.893 bits per heavy atom. The number of carbonyl (C=O) groups excluding carboxylic acids is 1. The van der Waals surface area contributed by atoms with E-state index in [0.717, 1.165) is 11.5 Å². The van der Waals surface area contributed by atoms with Gasteiger partial charge in [0.1, 0.15) is 30.5 Å². The fraction of sp³-hybridized carbons (Fsp3) is 0.136. The van der Waals surface area contributed by atoms with Crippen molar-refractivity contribution in [2.75, 3.05) is 25.6 Å². The highest BCUT2D eigenvalue weighted by molar-refractivity contribution is 9.10. The Kier molecular flexibility index (Phi) is 6.92. The first kappa shape index (κ1) is 19.8. The average Bonchev–Trinajstić information content (AvgIpc) is 2.73. The molecule has 3 aromatic rings.